The summed E-state index contributed by atoms with van der Waals surface area (Å²) in [6.07, 6.45) is 2.91. The summed E-state index contributed by atoms with van der Waals surface area (Å²) in [6, 6.07) is 1.80. The molecule has 0 unspecified atom stereocenters. The van der Waals surface area contributed by atoms with E-state index >= 15 is 0 Å². The van der Waals surface area contributed by atoms with Crippen molar-refractivity contribution < 1.29 is 9.47 Å². The molecule has 1 heterocycles. The molecule has 0 fully saturated rings. The van der Waals surface area contributed by atoms with Gasteiger partial charge in [0.1, 0.15) is 18.2 Å². The molecule has 1 aromatic heterocycles. The third-order valence-electron chi connectivity index (χ3n) is 2.30. The average molecular weight is 253 g/mol. The van der Waals surface area contributed by atoms with Crippen LogP contribution in [0.4, 0.5) is 5.82 Å². The highest BCUT2D eigenvalue weighted by molar-refractivity contribution is 5.37. The van der Waals surface area contributed by atoms with Crippen LogP contribution in [0.2, 0.25) is 0 Å². The van der Waals surface area contributed by atoms with Crippen molar-refractivity contribution in [2.45, 2.75) is 33.1 Å². The maximum absolute atomic E-state index is 5.57. The van der Waals surface area contributed by atoms with Gasteiger partial charge in [0, 0.05) is 26.1 Å². The SMILES string of the molecule is CCCOCCOc1cc(NC)nc(CCC)n1. The molecule has 1 aromatic rings. The number of aryl methyl sites for hydroxylation is 1. The molecule has 0 aromatic carbocycles. The highest BCUT2D eigenvalue weighted by atomic mass is 16.5. The smallest absolute Gasteiger partial charge is 0.218 e. The molecule has 1 rings (SSSR count). The van der Waals surface area contributed by atoms with Gasteiger partial charge in [0.15, 0.2) is 0 Å². The van der Waals surface area contributed by atoms with E-state index in [9.17, 15) is 0 Å². The number of hydrogen-bond acceptors (Lipinski definition) is 5. The lowest BCUT2D eigenvalue weighted by molar-refractivity contribution is 0.0989. The summed E-state index contributed by atoms with van der Waals surface area (Å²) in [6.45, 7) is 6.08. The standard InChI is InChI=1S/C13H23N3O2/c1-4-6-11-15-12(14-3)10-13(16-11)18-9-8-17-7-5-2/h10H,4-9H2,1-3H3,(H,14,15,16). The highest BCUT2D eigenvalue weighted by Gasteiger charge is 2.04. The Morgan fingerprint density at radius 3 is 2.61 bits per heavy atom. The molecule has 0 aliphatic carbocycles. The molecular weight excluding hydrogens is 230 g/mol. The topological polar surface area (TPSA) is 56.3 Å². The second-order valence-electron chi connectivity index (χ2n) is 3.97. The van der Waals surface area contributed by atoms with Crippen molar-refractivity contribution in [2.24, 2.45) is 0 Å². The number of nitrogens with zero attached hydrogens (tertiary/aromatic N) is 2. The molecular formula is C13H23N3O2. The zero-order valence-corrected chi connectivity index (χ0v) is 11.5. The first-order valence-corrected chi connectivity index (χ1v) is 6.56. The molecule has 0 atom stereocenters. The van der Waals surface area contributed by atoms with Crippen LogP contribution in [0, 0.1) is 0 Å². The first-order chi connectivity index (χ1) is 8.80. The Balaban J connectivity index is 2.50. The number of nitrogens with one attached hydrogen (secondary N) is 1. The van der Waals surface area contributed by atoms with Crippen molar-refractivity contribution in [1.29, 1.82) is 0 Å². The Hall–Kier alpha value is -1.36. The summed E-state index contributed by atoms with van der Waals surface area (Å²) in [4.78, 5) is 8.73. The number of rotatable bonds is 9. The number of hydrogen-bond donors (Lipinski definition) is 1. The molecule has 102 valence electrons. The lowest BCUT2D eigenvalue weighted by Crippen LogP contribution is -2.09. The molecule has 0 aliphatic heterocycles. The van der Waals surface area contributed by atoms with Crippen molar-refractivity contribution in [3.63, 3.8) is 0 Å². The van der Waals surface area contributed by atoms with Crippen molar-refractivity contribution >= 4 is 5.82 Å². The van der Waals surface area contributed by atoms with Crippen molar-refractivity contribution in [3.8, 4) is 5.88 Å². The molecule has 0 aliphatic rings. The molecule has 0 bridgehead atoms. The zero-order valence-electron chi connectivity index (χ0n) is 11.5. The fourth-order valence-electron chi connectivity index (χ4n) is 1.46. The van der Waals surface area contributed by atoms with E-state index in [1.165, 1.54) is 0 Å². The van der Waals surface area contributed by atoms with Gasteiger partial charge in [-0.15, -0.1) is 0 Å². The maximum Gasteiger partial charge on any atom is 0.218 e. The number of aromatic nitrogens is 2. The minimum atomic E-state index is 0.520. The normalized spacial score (nSPS) is 10.4. The van der Waals surface area contributed by atoms with Crippen molar-refractivity contribution in [1.82, 2.24) is 9.97 Å². The second-order valence-corrected chi connectivity index (χ2v) is 3.97. The Kier molecular flexibility index (Phi) is 7.10. The monoisotopic (exact) mass is 253 g/mol. The van der Waals surface area contributed by atoms with Gasteiger partial charge < -0.3 is 14.8 Å². The van der Waals surface area contributed by atoms with Gasteiger partial charge in [-0.2, -0.15) is 4.98 Å². The van der Waals surface area contributed by atoms with Crippen LogP contribution in [0.25, 0.3) is 0 Å². The number of anilines is 1. The maximum atomic E-state index is 5.57. The van der Waals surface area contributed by atoms with E-state index < -0.39 is 0 Å². The lowest BCUT2D eigenvalue weighted by atomic mass is 10.3. The van der Waals surface area contributed by atoms with Crippen LogP contribution >= 0.6 is 0 Å². The molecule has 18 heavy (non-hydrogen) atoms. The van der Waals surface area contributed by atoms with Gasteiger partial charge in [0.2, 0.25) is 5.88 Å². The molecule has 0 amide bonds. The summed E-state index contributed by atoms with van der Waals surface area (Å²) >= 11 is 0. The average Bonchev–Trinajstić information content (AvgIpc) is 2.38. The van der Waals surface area contributed by atoms with Crippen LogP contribution in [0.3, 0.4) is 0 Å². The van der Waals surface area contributed by atoms with Crippen LogP contribution in [-0.4, -0.2) is 36.8 Å². The summed E-state index contributed by atoms with van der Waals surface area (Å²) < 4.78 is 10.9. The Morgan fingerprint density at radius 2 is 1.94 bits per heavy atom. The molecule has 0 saturated carbocycles. The number of ether oxygens (including phenoxy) is 2. The van der Waals surface area contributed by atoms with E-state index in [1.807, 2.05) is 7.05 Å². The highest BCUT2D eigenvalue weighted by Crippen LogP contribution is 2.14. The van der Waals surface area contributed by atoms with Gasteiger partial charge in [0.05, 0.1) is 6.61 Å². The first-order valence-electron chi connectivity index (χ1n) is 6.56. The van der Waals surface area contributed by atoms with E-state index in [4.69, 9.17) is 9.47 Å². The van der Waals surface area contributed by atoms with Gasteiger partial charge in [0.25, 0.3) is 0 Å². The van der Waals surface area contributed by atoms with E-state index in [1.54, 1.807) is 6.07 Å². The summed E-state index contributed by atoms with van der Waals surface area (Å²) in [5.74, 6) is 2.21. The summed E-state index contributed by atoms with van der Waals surface area (Å²) in [5.41, 5.74) is 0. The van der Waals surface area contributed by atoms with Crippen molar-refractivity contribution in [3.05, 3.63) is 11.9 Å². The van der Waals surface area contributed by atoms with E-state index in [0.29, 0.717) is 19.1 Å². The summed E-state index contributed by atoms with van der Waals surface area (Å²) in [7, 11) is 1.84. The Labute approximate surface area is 109 Å². The molecule has 0 saturated heterocycles. The largest absolute Gasteiger partial charge is 0.475 e. The molecule has 1 N–H and O–H groups in total. The van der Waals surface area contributed by atoms with Gasteiger partial charge in [-0.3, -0.25) is 0 Å². The van der Waals surface area contributed by atoms with Crippen molar-refractivity contribution in [2.75, 3.05) is 32.2 Å². The van der Waals surface area contributed by atoms with Crippen LogP contribution in [-0.2, 0) is 11.2 Å². The predicted octanol–water partition coefficient (Wildman–Crippen LogP) is 2.28. The third-order valence-corrected chi connectivity index (χ3v) is 2.30. The minimum Gasteiger partial charge on any atom is -0.475 e. The predicted molar refractivity (Wildman–Crippen MR) is 72.2 cm³/mol. The van der Waals surface area contributed by atoms with Crippen LogP contribution < -0.4 is 10.1 Å². The fourth-order valence-corrected chi connectivity index (χ4v) is 1.46. The Morgan fingerprint density at radius 1 is 1.11 bits per heavy atom. The van der Waals surface area contributed by atoms with Crippen LogP contribution in [0.5, 0.6) is 5.88 Å². The van der Waals surface area contributed by atoms with E-state index in [-0.39, 0.29) is 0 Å². The van der Waals surface area contributed by atoms with Gasteiger partial charge in [-0.25, -0.2) is 4.98 Å². The molecule has 5 nitrogen and oxygen atoms in total. The molecule has 0 radical (unpaired) electrons. The molecule has 0 spiro atoms. The minimum absolute atomic E-state index is 0.520. The third kappa shape index (κ3) is 5.31. The first kappa shape index (κ1) is 14.7. The quantitative estimate of drug-likeness (QED) is 0.684. The van der Waals surface area contributed by atoms with Gasteiger partial charge in [-0.05, 0) is 12.8 Å². The lowest BCUT2D eigenvalue weighted by Gasteiger charge is -2.09. The van der Waals surface area contributed by atoms with Gasteiger partial charge in [-0.1, -0.05) is 13.8 Å². The van der Waals surface area contributed by atoms with E-state index in [0.717, 1.165) is 37.5 Å². The second kappa shape index (κ2) is 8.69. The Bertz CT molecular complexity index is 345. The van der Waals surface area contributed by atoms with Crippen LogP contribution in [0.1, 0.15) is 32.5 Å². The van der Waals surface area contributed by atoms with E-state index in [2.05, 4.69) is 29.1 Å². The van der Waals surface area contributed by atoms with Crippen LogP contribution in [0.15, 0.2) is 6.07 Å². The fraction of sp³-hybridized carbons (Fsp3) is 0.692. The zero-order chi connectivity index (χ0) is 13.2. The summed E-state index contributed by atoms with van der Waals surface area (Å²) in [5, 5.41) is 3.01. The van der Waals surface area contributed by atoms with Gasteiger partial charge >= 0.3 is 0 Å². The molecule has 5 heteroatoms.